The summed E-state index contributed by atoms with van der Waals surface area (Å²) in [6.45, 7) is 4.64. The van der Waals surface area contributed by atoms with Gasteiger partial charge in [-0.25, -0.2) is 4.98 Å². The number of carbonyl (C=O) groups excluding carboxylic acids is 1. The molecule has 2 unspecified atom stereocenters. The summed E-state index contributed by atoms with van der Waals surface area (Å²) in [6, 6.07) is 9.32. The number of carbonyl (C=O) groups is 1. The molecule has 0 spiro atoms. The third-order valence-corrected chi connectivity index (χ3v) is 4.15. The van der Waals surface area contributed by atoms with Gasteiger partial charge in [0, 0.05) is 12.6 Å². The van der Waals surface area contributed by atoms with E-state index in [4.69, 9.17) is 0 Å². The van der Waals surface area contributed by atoms with Gasteiger partial charge in [-0.2, -0.15) is 0 Å². The van der Waals surface area contributed by atoms with Crippen molar-refractivity contribution < 1.29 is 9.90 Å². The Bertz CT molecular complexity index is 600. The zero-order valence-corrected chi connectivity index (χ0v) is 13.6. The summed E-state index contributed by atoms with van der Waals surface area (Å²) >= 11 is 1.33. The molecule has 0 saturated carbocycles. The van der Waals surface area contributed by atoms with Crippen LogP contribution in [0.5, 0.6) is 0 Å². The Balaban J connectivity index is 1.88. The molecule has 2 aromatic rings. The predicted octanol–water partition coefficient (Wildman–Crippen LogP) is 2.82. The van der Waals surface area contributed by atoms with Gasteiger partial charge in [-0.05, 0) is 25.8 Å². The number of anilines is 1. The molecule has 1 aromatic carbocycles. The molecule has 3 N–H and O–H groups in total. The number of nitrogens with one attached hydrogen (secondary N) is 2. The van der Waals surface area contributed by atoms with Crippen molar-refractivity contribution in [1.29, 1.82) is 0 Å². The van der Waals surface area contributed by atoms with E-state index in [0.717, 1.165) is 17.2 Å². The predicted molar refractivity (Wildman–Crippen MR) is 89.2 cm³/mol. The van der Waals surface area contributed by atoms with Crippen LogP contribution in [0.4, 0.5) is 5.13 Å². The molecule has 0 aliphatic rings. The number of hydrogen-bond acceptors (Lipinski definition) is 5. The van der Waals surface area contributed by atoms with E-state index in [9.17, 15) is 9.90 Å². The standard InChI is InChI=1S/C16H21N3O2S/c1-3-17-16-18-10-14(22-16)15(21)19-11(2)9-13(20)12-7-5-4-6-8-12/h4-8,10-11,13,20H,3,9H2,1-2H3,(H,17,18)(H,19,21). The lowest BCUT2D eigenvalue weighted by Gasteiger charge is -2.17. The van der Waals surface area contributed by atoms with Crippen molar-refractivity contribution in [2.45, 2.75) is 32.4 Å². The fourth-order valence-corrected chi connectivity index (χ4v) is 2.90. The molecule has 6 heteroatoms. The van der Waals surface area contributed by atoms with Crippen LogP contribution >= 0.6 is 11.3 Å². The summed E-state index contributed by atoms with van der Waals surface area (Å²) in [6.07, 6.45) is 1.45. The molecule has 118 valence electrons. The zero-order valence-electron chi connectivity index (χ0n) is 12.7. The Morgan fingerprint density at radius 3 is 2.77 bits per heavy atom. The summed E-state index contributed by atoms with van der Waals surface area (Å²) in [7, 11) is 0. The summed E-state index contributed by atoms with van der Waals surface area (Å²) < 4.78 is 0. The molecule has 0 aliphatic carbocycles. The van der Waals surface area contributed by atoms with E-state index in [-0.39, 0.29) is 11.9 Å². The van der Waals surface area contributed by atoms with E-state index in [1.165, 1.54) is 11.3 Å². The van der Waals surface area contributed by atoms with Crippen molar-refractivity contribution in [3.8, 4) is 0 Å². The molecule has 0 saturated heterocycles. The molecule has 2 atom stereocenters. The van der Waals surface area contributed by atoms with Crippen LogP contribution < -0.4 is 10.6 Å². The monoisotopic (exact) mass is 319 g/mol. The molecule has 5 nitrogen and oxygen atoms in total. The van der Waals surface area contributed by atoms with E-state index in [1.54, 1.807) is 6.20 Å². The molecule has 2 rings (SSSR count). The van der Waals surface area contributed by atoms with Crippen LogP contribution in [0.15, 0.2) is 36.5 Å². The number of aliphatic hydroxyl groups excluding tert-OH is 1. The second-order valence-corrected chi connectivity index (χ2v) is 6.13. The number of rotatable bonds is 7. The molecule has 1 aromatic heterocycles. The molecule has 0 aliphatic heterocycles. The first-order chi connectivity index (χ1) is 10.6. The second-order valence-electron chi connectivity index (χ2n) is 5.10. The van der Waals surface area contributed by atoms with E-state index in [1.807, 2.05) is 44.2 Å². The highest BCUT2D eigenvalue weighted by molar-refractivity contribution is 7.17. The van der Waals surface area contributed by atoms with Crippen molar-refractivity contribution in [3.63, 3.8) is 0 Å². The van der Waals surface area contributed by atoms with Gasteiger partial charge in [-0.3, -0.25) is 4.79 Å². The van der Waals surface area contributed by atoms with Crippen molar-refractivity contribution in [1.82, 2.24) is 10.3 Å². The Hall–Kier alpha value is -1.92. The molecule has 0 radical (unpaired) electrons. The van der Waals surface area contributed by atoms with Gasteiger partial charge in [-0.1, -0.05) is 41.7 Å². The second kappa shape index (κ2) is 7.91. The van der Waals surface area contributed by atoms with E-state index < -0.39 is 6.10 Å². The first-order valence-corrected chi connectivity index (χ1v) is 8.15. The third kappa shape index (κ3) is 4.54. The topological polar surface area (TPSA) is 74.2 Å². The highest BCUT2D eigenvalue weighted by Gasteiger charge is 2.16. The van der Waals surface area contributed by atoms with Crippen LogP contribution in [0.3, 0.4) is 0 Å². The van der Waals surface area contributed by atoms with Gasteiger partial charge in [0.15, 0.2) is 5.13 Å². The lowest BCUT2D eigenvalue weighted by molar-refractivity contribution is 0.0921. The van der Waals surface area contributed by atoms with E-state index >= 15 is 0 Å². The number of hydrogen-bond donors (Lipinski definition) is 3. The fourth-order valence-electron chi connectivity index (χ4n) is 2.11. The first-order valence-electron chi connectivity index (χ1n) is 7.33. The van der Waals surface area contributed by atoms with Crippen LogP contribution in [-0.2, 0) is 0 Å². The molecule has 0 fully saturated rings. The molecule has 1 heterocycles. The van der Waals surface area contributed by atoms with Gasteiger partial charge in [-0.15, -0.1) is 0 Å². The van der Waals surface area contributed by atoms with Gasteiger partial charge in [0.2, 0.25) is 0 Å². The maximum atomic E-state index is 12.1. The Kier molecular flexibility index (Phi) is 5.91. The highest BCUT2D eigenvalue weighted by Crippen LogP contribution is 2.20. The Labute approximate surface area is 134 Å². The molecule has 22 heavy (non-hydrogen) atoms. The average Bonchev–Trinajstić information content (AvgIpc) is 2.97. The van der Waals surface area contributed by atoms with Crippen LogP contribution in [0, 0.1) is 0 Å². The van der Waals surface area contributed by atoms with Crippen molar-refractivity contribution in [2.75, 3.05) is 11.9 Å². The van der Waals surface area contributed by atoms with Gasteiger partial charge in [0.05, 0.1) is 12.3 Å². The van der Waals surface area contributed by atoms with Crippen molar-refractivity contribution in [3.05, 3.63) is 47.0 Å². The van der Waals surface area contributed by atoms with Crippen molar-refractivity contribution in [2.24, 2.45) is 0 Å². The number of benzene rings is 1. The molecule has 0 bridgehead atoms. The smallest absolute Gasteiger partial charge is 0.263 e. The van der Waals surface area contributed by atoms with Crippen LogP contribution in [0.2, 0.25) is 0 Å². The summed E-state index contributed by atoms with van der Waals surface area (Å²) in [4.78, 5) is 16.8. The summed E-state index contributed by atoms with van der Waals surface area (Å²) in [5.74, 6) is -0.158. The minimum Gasteiger partial charge on any atom is -0.388 e. The largest absolute Gasteiger partial charge is 0.388 e. The lowest BCUT2D eigenvalue weighted by Crippen LogP contribution is -2.33. The van der Waals surface area contributed by atoms with Crippen LogP contribution in [0.25, 0.3) is 0 Å². The van der Waals surface area contributed by atoms with Gasteiger partial charge < -0.3 is 15.7 Å². The van der Waals surface area contributed by atoms with Gasteiger partial charge in [0.1, 0.15) is 4.88 Å². The summed E-state index contributed by atoms with van der Waals surface area (Å²) in [5.41, 5.74) is 0.857. The number of thiazole rings is 1. The minimum atomic E-state index is -0.588. The van der Waals surface area contributed by atoms with Gasteiger partial charge >= 0.3 is 0 Å². The first kappa shape index (κ1) is 16.5. The molecular formula is C16H21N3O2S. The molecular weight excluding hydrogens is 298 g/mol. The fraction of sp³-hybridized carbons (Fsp3) is 0.375. The molecule has 1 amide bonds. The zero-order chi connectivity index (χ0) is 15.9. The van der Waals surface area contributed by atoms with E-state index in [0.29, 0.717) is 11.3 Å². The van der Waals surface area contributed by atoms with Crippen LogP contribution in [-0.4, -0.2) is 28.6 Å². The van der Waals surface area contributed by atoms with E-state index in [2.05, 4.69) is 15.6 Å². The van der Waals surface area contributed by atoms with Gasteiger partial charge in [0.25, 0.3) is 5.91 Å². The van der Waals surface area contributed by atoms with Crippen molar-refractivity contribution >= 4 is 22.4 Å². The Morgan fingerprint density at radius 1 is 1.36 bits per heavy atom. The number of amides is 1. The number of aromatic nitrogens is 1. The average molecular weight is 319 g/mol. The normalized spacial score (nSPS) is 13.4. The highest BCUT2D eigenvalue weighted by atomic mass is 32.1. The minimum absolute atomic E-state index is 0.132. The Morgan fingerprint density at radius 2 is 2.09 bits per heavy atom. The summed E-state index contributed by atoms with van der Waals surface area (Å²) in [5, 5.41) is 16.9. The maximum Gasteiger partial charge on any atom is 0.263 e. The van der Waals surface area contributed by atoms with Crippen LogP contribution in [0.1, 0.15) is 41.6 Å². The lowest BCUT2D eigenvalue weighted by atomic mass is 10.0. The SMILES string of the molecule is CCNc1ncc(C(=O)NC(C)CC(O)c2ccccc2)s1. The number of nitrogens with zero attached hydrogens (tertiary/aromatic N) is 1. The quantitative estimate of drug-likeness (QED) is 0.733. The maximum absolute atomic E-state index is 12.1. The third-order valence-electron chi connectivity index (χ3n) is 3.20. The number of aliphatic hydroxyl groups is 1.